The number of methoxy groups -OCH3 is 2. The number of rotatable bonds is 11. The largest absolute Gasteiger partial charge is 0.446 e. The summed E-state index contributed by atoms with van der Waals surface area (Å²) in [6.07, 6.45) is 2.76. The molecule has 0 saturated carbocycles. The van der Waals surface area contributed by atoms with E-state index < -0.39 is 17.6 Å². The monoisotopic (exact) mass is 518 g/mol. The minimum atomic E-state index is -1.06. The predicted molar refractivity (Wildman–Crippen MR) is 136 cm³/mol. The number of aliphatic hydroxyl groups is 1. The van der Waals surface area contributed by atoms with Crippen LogP contribution in [-0.2, 0) is 19.8 Å². The van der Waals surface area contributed by atoms with Gasteiger partial charge in [0.2, 0.25) is 12.3 Å². The van der Waals surface area contributed by atoms with Crippen molar-refractivity contribution in [2.75, 3.05) is 44.7 Å². The SMILES string of the molecule is COCC1(COC)OC(=O)c2ccc(Nc3ncc(-c4nnco4)c(N[C@H](CO)c4ccccc4)n3)cc21. The first-order valence-corrected chi connectivity index (χ1v) is 11.8. The molecule has 4 aromatic rings. The third-order valence-corrected chi connectivity index (χ3v) is 6.10. The Labute approximate surface area is 218 Å². The first-order chi connectivity index (χ1) is 18.6. The Morgan fingerprint density at radius 3 is 2.55 bits per heavy atom. The summed E-state index contributed by atoms with van der Waals surface area (Å²) < 4.78 is 21.7. The number of benzene rings is 2. The van der Waals surface area contributed by atoms with E-state index in [0.717, 1.165) is 5.56 Å². The zero-order valence-corrected chi connectivity index (χ0v) is 20.7. The number of carbonyl (C=O) groups is 1. The third kappa shape index (κ3) is 4.92. The molecule has 3 heterocycles. The fourth-order valence-electron chi connectivity index (χ4n) is 4.40. The van der Waals surface area contributed by atoms with Gasteiger partial charge in [-0.25, -0.2) is 9.78 Å². The fourth-order valence-corrected chi connectivity index (χ4v) is 4.40. The zero-order chi connectivity index (χ0) is 26.5. The van der Waals surface area contributed by atoms with Crippen molar-refractivity contribution in [3.05, 3.63) is 77.8 Å². The molecule has 0 bridgehead atoms. The summed E-state index contributed by atoms with van der Waals surface area (Å²) in [6, 6.07) is 14.2. The standard InChI is InChI=1S/C26H26N6O6/c1-35-13-26(14-36-2)20-10-17(8-9-18(20)24(34)38-26)29-25-27-11-19(23-32-28-15-37-23)22(31-25)30-21(12-33)16-6-4-3-5-7-16/h3-11,15,21,33H,12-14H2,1-2H3,(H2,27,29,30,31)/t21-/m1/s1. The van der Waals surface area contributed by atoms with Crippen LogP contribution in [0.25, 0.3) is 11.5 Å². The molecular formula is C26H26N6O6. The first kappa shape index (κ1) is 25.3. The molecule has 1 aliphatic rings. The number of esters is 1. The Kier molecular flexibility index (Phi) is 7.26. The maximum Gasteiger partial charge on any atom is 0.339 e. The second-order valence-corrected chi connectivity index (χ2v) is 8.63. The lowest BCUT2D eigenvalue weighted by atomic mass is 9.93. The van der Waals surface area contributed by atoms with E-state index in [4.69, 9.17) is 18.6 Å². The molecule has 12 heteroatoms. The van der Waals surface area contributed by atoms with Gasteiger partial charge in [-0.1, -0.05) is 30.3 Å². The number of hydrogen-bond acceptors (Lipinski definition) is 12. The topological polar surface area (TPSA) is 154 Å². The van der Waals surface area contributed by atoms with Crippen molar-refractivity contribution in [3.63, 3.8) is 0 Å². The molecule has 0 unspecified atom stereocenters. The second-order valence-electron chi connectivity index (χ2n) is 8.63. The summed E-state index contributed by atoms with van der Waals surface area (Å²) in [4.78, 5) is 21.6. The van der Waals surface area contributed by atoms with Crippen LogP contribution in [0.4, 0.5) is 17.5 Å². The molecule has 3 N–H and O–H groups in total. The van der Waals surface area contributed by atoms with E-state index >= 15 is 0 Å². The molecular weight excluding hydrogens is 492 g/mol. The quantitative estimate of drug-likeness (QED) is 0.250. The van der Waals surface area contributed by atoms with Gasteiger partial charge in [-0.05, 0) is 23.8 Å². The minimum absolute atomic E-state index is 0.133. The number of aromatic nitrogens is 4. The predicted octanol–water partition coefficient (Wildman–Crippen LogP) is 3.07. The molecule has 38 heavy (non-hydrogen) atoms. The van der Waals surface area contributed by atoms with Gasteiger partial charge < -0.3 is 34.4 Å². The molecule has 0 saturated heterocycles. The summed E-state index contributed by atoms with van der Waals surface area (Å²) in [7, 11) is 3.07. The molecule has 196 valence electrons. The Balaban J connectivity index is 1.48. The number of cyclic esters (lactones) is 1. The molecule has 2 aromatic carbocycles. The highest BCUT2D eigenvalue weighted by molar-refractivity contribution is 5.95. The lowest BCUT2D eigenvalue weighted by Crippen LogP contribution is -2.36. The average Bonchev–Trinajstić information content (AvgIpc) is 3.55. The van der Waals surface area contributed by atoms with E-state index in [1.54, 1.807) is 24.4 Å². The maximum atomic E-state index is 12.5. The van der Waals surface area contributed by atoms with Crippen LogP contribution in [0.5, 0.6) is 0 Å². The number of carbonyl (C=O) groups excluding carboxylic acids is 1. The lowest BCUT2D eigenvalue weighted by molar-refractivity contribution is -0.0859. The normalized spacial score (nSPS) is 14.6. The van der Waals surface area contributed by atoms with Gasteiger partial charge in [-0.15, -0.1) is 10.2 Å². The van der Waals surface area contributed by atoms with Crippen LogP contribution in [0.2, 0.25) is 0 Å². The van der Waals surface area contributed by atoms with Gasteiger partial charge in [0.25, 0.3) is 5.89 Å². The van der Waals surface area contributed by atoms with Crippen LogP contribution in [0.3, 0.4) is 0 Å². The Bertz CT molecular complexity index is 1390. The fraction of sp³-hybridized carbons (Fsp3) is 0.269. The lowest BCUT2D eigenvalue weighted by Gasteiger charge is -2.27. The van der Waals surface area contributed by atoms with Crippen molar-refractivity contribution in [1.29, 1.82) is 0 Å². The molecule has 1 aliphatic heterocycles. The van der Waals surface area contributed by atoms with Crippen molar-refractivity contribution >= 4 is 23.4 Å². The average molecular weight is 519 g/mol. The smallest absolute Gasteiger partial charge is 0.339 e. The van der Waals surface area contributed by atoms with Gasteiger partial charge in [-0.3, -0.25) is 0 Å². The molecule has 1 atom stereocenters. The Morgan fingerprint density at radius 2 is 1.87 bits per heavy atom. The summed E-state index contributed by atoms with van der Waals surface area (Å²) >= 11 is 0. The van der Waals surface area contributed by atoms with Gasteiger partial charge in [0.15, 0.2) is 5.60 Å². The zero-order valence-electron chi connectivity index (χ0n) is 20.7. The van der Waals surface area contributed by atoms with Crippen LogP contribution in [0.15, 0.2) is 65.5 Å². The number of hydrogen-bond donors (Lipinski definition) is 3. The third-order valence-electron chi connectivity index (χ3n) is 6.10. The van der Waals surface area contributed by atoms with E-state index in [1.807, 2.05) is 30.3 Å². The number of fused-ring (bicyclic) bond motifs is 1. The van der Waals surface area contributed by atoms with Crippen molar-refractivity contribution in [2.45, 2.75) is 11.6 Å². The maximum absolute atomic E-state index is 12.5. The molecule has 0 spiro atoms. The van der Waals surface area contributed by atoms with Crippen LogP contribution >= 0.6 is 0 Å². The summed E-state index contributed by atoms with van der Waals surface area (Å²) in [5.41, 5.74) is 1.98. The van der Waals surface area contributed by atoms with Crippen LogP contribution in [0, 0.1) is 0 Å². The van der Waals surface area contributed by atoms with Crippen LogP contribution in [-0.4, -0.2) is 65.3 Å². The second kappa shape index (κ2) is 10.9. The minimum Gasteiger partial charge on any atom is -0.446 e. The number of nitrogens with zero attached hydrogens (tertiary/aromatic N) is 4. The van der Waals surface area contributed by atoms with Gasteiger partial charge >= 0.3 is 5.97 Å². The van der Waals surface area contributed by atoms with E-state index in [9.17, 15) is 9.90 Å². The number of aliphatic hydroxyl groups excluding tert-OH is 1. The molecule has 0 fully saturated rings. The van der Waals surface area contributed by atoms with Gasteiger partial charge in [0.1, 0.15) is 5.82 Å². The molecule has 0 aliphatic carbocycles. The molecule has 0 radical (unpaired) electrons. The van der Waals surface area contributed by atoms with E-state index in [2.05, 4.69) is 30.8 Å². The highest BCUT2D eigenvalue weighted by atomic mass is 16.6. The number of anilines is 3. The van der Waals surface area contributed by atoms with Crippen molar-refractivity contribution in [2.24, 2.45) is 0 Å². The summed E-state index contributed by atoms with van der Waals surface area (Å²) in [5, 5.41) is 24.2. The molecule has 0 amide bonds. The number of ether oxygens (including phenoxy) is 3. The van der Waals surface area contributed by atoms with Gasteiger partial charge in [-0.2, -0.15) is 4.98 Å². The number of nitrogens with one attached hydrogen (secondary N) is 2. The van der Waals surface area contributed by atoms with Crippen molar-refractivity contribution in [1.82, 2.24) is 20.2 Å². The highest BCUT2D eigenvalue weighted by Crippen LogP contribution is 2.39. The molecule has 12 nitrogen and oxygen atoms in total. The van der Waals surface area contributed by atoms with Crippen LogP contribution in [0.1, 0.15) is 27.5 Å². The molecule has 5 rings (SSSR count). The first-order valence-electron chi connectivity index (χ1n) is 11.8. The van der Waals surface area contributed by atoms with E-state index in [-0.39, 0.29) is 31.7 Å². The Hall–Kier alpha value is -4.39. The van der Waals surface area contributed by atoms with Crippen molar-refractivity contribution in [3.8, 4) is 11.5 Å². The van der Waals surface area contributed by atoms with E-state index in [0.29, 0.717) is 28.2 Å². The van der Waals surface area contributed by atoms with E-state index in [1.165, 1.54) is 20.6 Å². The molecule has 2 aromatic heterocycles. The summed E-state index contributed by atoms with van der Waals surface area (Å²) in [5.74, 6) is 0.418. The Morgan fingerprint density at radius 1 is 1.08 bits per heavy atom. The highest BCUT2D eigenvalue weighted by Gasteiger charge is 2.46. The summed E-state index contributed by atoms with van der Waals surface area (Å²) in [6.45, 7) is 0.0863. The van der Waals surface area contributed by atoms with Crippen LogP contribution < -0.4 is 10.6 Å². The van der Waals surface area contributed by atoms with Crippen molar-refractivity contribution < 1.29 is 28.5 Å². The van der Waals surface area contributed by atoms with Gasteiger partial charge in [0, 0.05) is 31.7 Å². The van der Waals surface area contributed by atoms with Gasteiger partial charge in [0.05, 0.1) is 37.0 Å².